The normalized spacial score (nSPS) is 12.3. The molecule has 0 aromatic rings. The highest BCUT2D eigenvalue weighted by atomic mass is 16.5. The molecule has 0 amide bonds. The van der Waals surface area contributed by atoms with E-state index < -0.39 is 18.5 Å². The number of ketones is 1. The Labute approximate surface area is 58.8 Å². The fourth-order valence-electron chi connectivity index (χ4n) is 0.511. The number of ether oxygens (including phenoxy) is 1. The number of methoxy groups -OCH3 is 1. The fraction of sp³-hybridized carbons (Fsp3) is 0.667. The third-order valence-corrected chi connectivity index (χ3v) is 1.16. The largest absolute Gasteiger partial charge is 0.468 e. The number of carbonyl (C=O) groups excluding carboxylic acids is 2. The van der Waals surface area contributed by atoms with Gasteiger partial charge in [-0.15, -0.1) is 0 Å². The van der Waals surface area contributed by atoms with Crippen LogP contribution in [0.5, 0.6) is 0 Å². The van der Waals surface area contributed by atoms with Gasteiger partial charge in [0.2, 0.25) is 0 Å². The minimum atomic E-state index is -1.01. The molecule has 0 saturated heterocycles. The molecular weight excluding hydrogens is 136 g/mol. The van der Waals surface area contributed by atoms with Gasteiger partial charge < -0.3 is 9.84 Å². The van der Waals surface area contributed by atoms with Crippen LogP contribution in [-0.4, -0.2) is 30.6 Å². The summed E-state index contributed by atoms with van der Waals surface area (Å²) < 4.78 is 4.24. The van der Waals surface area contributed by atoms with Crippen molar-refractivity contribution in [1.29, 1.82) is 0 Å². The van der Waals surface area contributed by atoms with Crippen LogP contribution >= 0.6 is 0 Å². The van der Waals surface area contributed by atoms with Gasteiger partial charge in [-0.3, -0.25) is 9.59 Å². The smallest absolute Gasteiger partial charge is 0.318 e. The van der Waals surface area contributed by atoms with Crippen molar-refractivity contribution in [2.45, 2.75) is 6.92 Å². The summed E-state index contributed by atoms with van der Waals surface area (Å²) in [4.78, 5) is 21.1. The van der Waals surface area contributed by atoms with Crippen LogP contribution in [0.4, 0.5) is 0 Å². The molecule has 58 valence electrons. The van der Waals surface area contributed by atoms with Crippen molar-refractivity contribution in [2.24, 2.45) is 5.92 Å². The number of rotatable bonds is 3. The van der Waals surface area contributed by atoms with Crippen LogP contribution < -0.4 is 0 Å². The van der Waals surface area contributed by atoms with E-state index in [1.807, 2.05) is 0 Å². The number of esters is 1. The summed E-state index contributed by atoms with van der Waals surface area (Å²) in [5.74, 6) is -2.07. The average molecular weight is 146 g/mol. The molecular formula is C6H10O4. The van der Waals surface area contributed by atoms with Crippen LogP contribution in [0.15, 0.2) is 0 Å². The maximum atomic E-state index is 10.6. The van der Waals surface area contributed by atoms with Crippen molar-refractivity contribution in [3.8, 4) is 0 Å². The first-order valence-electron chi connectivity index (χ1n) is 2.82. The quantitative estimate of drug-likeness (QED) is 0.424. The standard InChI is InChI=1S/C6H10O4/c1-4(8)5(3-7)6(9)10-2/h5,7H,3H2,1-2H3. The monoisotopic (exact) mass is 146 g/mol. The number of hydrogen-bond acceptors (Lipinski definition) is 4. The summed E-state index contributed by atoms with van der Waals surface area (Å²) in [6, 6.07) is 0. The van der Waals surface area contributed by atoms with Gasteiger partial charge in [0.1, 0.15) is 11.7 Å². The predicted molar refractivity (Wildman–Crippen MR) is 33.3 cm³/mol. The Hall–Kier alpha value is -0.900. The van der Waals surface area contributed by atoms with Crippen molar-refractivity contribution in [2.75, 3.05) is 13.7 Å². The molecule has 4 nitrogen and oxygen atoms in total. The summed E-state index contributed by atoms with van der Waals surface area (Å²) >= 11 is 0. The molecule has 0 heterocycles. The van der Waals surface area contributed by atoms with Crippen LogP contribution in [0.3, 0.4) is 0 Å². The van der Waals surface area contributed by atoms with Gasteiger partial charge >= 0.3 is 5.97 Å². The predicted octanol–water partition coefficient (Wildman–Crippen LogP) is -0.643. The maximum absolute atomic E-state index is 10.6. The van der Waals surface area contributed by atoms with E-state index >= 15 is 0 Å². The van der Waals surface area contributed by atoms with Crippen LogP contribution in [0.2, 0.25) is 0 Å². The van der Waals surface area contributed by atoms with Crippen LogP contribution in [0.25, 0.3) is 0 Å². The molecule has 0 bridgehead atoms. The van der Waals surface area contributed by atoms with E-state index in [9.17, 15) is 9.59 Å². The molecule has 0 aromatic heterocycles. The third kappa shape index (κ3) is 2.14. The number of Topliss-reactive ketones (excluding diaryl/α,β-unsaturated/α-hetero) is 1. The zero-order valence-electron chi connectivity index (χ0n) is 5.96. The molecule has 0 fully saturated rings. The second kappa shape index (κ2) is 4.00. The van der Waals surface area contributed by atoms with Gasteiger partial charge in [0, 0.05) is 0 Å². The Bertz CT molecular complexity index is 141. The van der Waals surface area contributed by atoms with E-state index in [2.05, 4.69) is 4.74 Å². The zero-order valence-corrected chi connectivity index (χ0v) is 5.96. The SMILES string of the molecule is COC(=O)C(CO)C(C)=O. The Morgan fingerprint density at radius 1 is 1.60 bits per heavy atom. The highest BCUT2D eigenvalue weighted by Crippen LogP contribution is 1.98. The van der Waals surface area contributed by atoms with E-state index in [1.54, 1.807) is 0 Å². The van der Waals surface area contributed by atoms with Crippen molar-refractivity contribution < 1.29 is 19.4 Å². The number of aliphatic hydroxyl groups excluding tert-OH is 1. The second-order valence-corrected chi connectivity index (χ2v) is 1.87. The molecule has 0 rings (SSSR count). The van der Waals surface area contributed by atoms with E-state index in [-0.39, 0.29) is 5.78 Å². The van der Waals surface area contributed by atoms with Crippen molar-refractivity contribution in [3.63, 3.8) is 0 Å². The van der Waals surface area contributed by atoms with Gasteiger partial charge in [-0.25, -0.2) is 0 Å². The molecule has 4 heteroatoms. The van der Waals surface area contributed by atoms with Gasteiger partial charge in [-0.1, -0.05) is 0 Å². The number of hydrogen-bond donors (Lipinski definition) is 1. The lowest BCUT2D eigenvalue weighted by molar-refractivity contribution is -0.150. The maximum Gasteiger partial charge on any atom is 0.318 e. The summed E-state index contributed by atoms with van der Waals surface area (Å²) in [5, 5.41) is 8.48. The summed E-state index contributed by atoms with van der Waals surface area (Å²) in [6.07, 6.45) is 0. The molecule has 0 saturated carbocycles. The first-order chi connectivity index (χ1) is 4.63. The summed E-state index contributed by atoms with van der Waals surface area (Å²) in [6.45, 7) is 0.750. The highest BCUT2D eigenvalue weighted by molar-refractivity contribution is 5.97. The van der Waals surface area contributed by atoms with Crippen molar-refractivity contribution in [3.05, 3.63) is 0 Å². The second-order valence-electron chi connectivity index (χ2n) is 1.87. The van der Waals surface area contributed by atoms with Gasteiger partial charge in [-0.05, 0) is 6.92 Å². The van der Waals surface area contributed by atoms with Crippen LogP contribution in [-0.2, 0) is 14.3 Å². The van der Waals surface area contributed by atoms with Crippen molar-refractivity contribution >= 4 is 11.8 Å². The fourth-order valence-corrected chi connectivity index (χ4v) is 0.511. The molecule has 0 spiro atoms. The number of aliphatic hydroxyl groups is 1. The lowest BCUT2D eigenvalue weighted by atomic mass is 10.1. The van der Waals surface area contributed by atoms with Crippen molar-refractivity contribution in [1.82, 2.24) is 0 Å². The van der Waals surface area contributed by atoms with Gasteiger partial charge in [0.05, 0.1) is 13.7 Å². The Morgan fingerprint density at radius 2 is 2.10 bits per heavy atom. The molecule has 0 aliphatic heterocycles. The van der Waals surface area contributed by atoms with Gasteiger partial charge in [0.15, 0.2) is 0 Å². The Balaban J connectivity index is 4.06. The van der Waals surface area contributed by atoms with E-state index in [0.717, 1.165) is 0 Å². The zero-order chi connectivity index (χ0) is 8.15. The Morgan fingerprint density at radius 3 is 2.20 bits per heavy atom. The molecule has 1 N–H and O–H groups in total. The molecule has 0 aliphatic carbocycles. The van der Waals surface area contributed by atoms with Gasteiger partial charge in [0.25, 0.3) is 0 Å². The van der Waals surface area contributed by atoms with E-state index in [1.165, 1.54) is 14.0 Å². The molecule has 0 aliphatic rings. The summed E-state index contributed by atoms with van der Waals surface area (Å²) in [7, 11) is 1.17. The lowest BCUT2D eigenvalue weighted by Crippen LogP contribution is -2.26. The molecule has 10 heavy (non-hydrogen) atoms. The molecule has 1 unspecified atom stereocenters. The first kappa shape index (κ1) is 9.10. The molecule has 0 aromatic carbocycles. The van der Waals surface area contributed by atoms with Crippen LogP contribution in [0, 0.1) is 5.92 Å². The van der Waals surface area contributed by atoms with E-state index in [0.29, 0.717) is 0 Å². The third-order valence-electron chi connectivity index (χ3n) is 1.16. The molecule has 1 atom stereocenters. The van der Waals surface area contributed by atoms with Gasteiger partial charge in [-0.2, -0.15) is 0 Å². The number of carbonyl (C=O) groups is 2. The Kier molecular flexibility index (Phi) is 3.64. The average Bonchev–Trinajstić information content (AvgIpc) is 1.88. The van der Waals surface area contributed by atoms with Crippen LogP contribution in [0.1, 0.15) is 6.92 Å². The minimum Gasteiger partial charge on any atom is -0.468 e. The summed E-state index contributed by atoms with van der Waals surface area (Å²) in [5.41, 5.74) is 0. The highest BCUT2D eigenvalue weighted by Gasteiger charge is 2.22. The first-order valence-corrected chi connectivity index (χ1v) is 2.82. The van der Waals surface area contributed by atoms with E-state index in [4.69, 9.17) is 5.11 Å². The minimum absolute atomic E-state index is 0.380. The topological polar surface area (TPSA) is 63.6 Å². The lowest BCUT2D eigenvalue weighted by Gasteiger charge is -2.05. The molecule has 0 radical (unpaired) electrons.